The smallest absolute Gasteiger partial charge is 0.189 e. The summed E-state index contributed by atoms with van der Waals surface area (Å²) >= 11 is 0. The Hall–Kier alpha value is -1.23. The summed E-state index contributed by atoms with van der Waals surface area (Å²) in [4.78, 5) is 34.9. The van der Waals surface area contributed by atoms with Crippen molar-refractivity contribution in [2.45, 2.75) is 56.5 Å². The van der Waals surface area contributed by atoms with Gasteiger partial charge in [-0.1, -0.05) is 0 Å². The third-order valence-corrected chi connectivity index (χ3v) is 3.85. The second kappa shape index (κ2) is 5.52. The third-order valence-electron chi connectivity index (χ3n) is 3.85. The molecule has 0 saturated carbocycles. The molecule has 0 amide bonds. The molecule has 21 heavy (non-hydrogen) atoms. The van der Waals surface area contributed by atoms with Crippen molar-refractivity contribution in [1.29, 1.82) is 0 Å². The van der Waals surface area contributed by atoms with E-state index in [1.807, 2.05) is 0 Å². The molecule has 0 spiro atoms. The Labute approximate surface area is 120 Å². The molecule has 1 heterocycles. The van der Waals surface area contributed by atoms with Crippen LogP contribution in [0.25, 0.3) is 0 Å². The Morgan fingerprint density at radius 1 is 1.10 bits per heavy atom. The van der Waals surface area contributed by atoms with E-state index in [-0.39, 0.29) is 0 Å². The molecule has 1 aliphatic rings. The zero-order valence-corrected chi connectivity index (χ0v) is 11.8. The molecule has 6 N–H and O–H groups in total. The number of aliphatic hydroxyl groups excluding tert-OH is 2. The lowest BCUT2D eigenvalue weighted by Gasteiger charge is -2.53. The van der Waals surface area contributed by atoms with Crippen LogP contribution in [-0.2, 0) is 19.1 Å². The lowest BCUT2D eigenvalue weighted by atomic mass is 9.66. The summed E-state index contributed by atoms with van der Waals surface area (Å²) in [7, 11) is 0. The lowest BCUT2D eigenvalue weighted by Crippen LogP contribution is -2.82. The van der Waals surface area contributed by atoms with Gasteiger partial charge in [-0.15, -0.1) is 0 Å². The van der Waals surface area contributed by atoms with Crippen molar-refractivity contribution in [1.82, 2.24) is 0 Å². The van der Waals surface area contributed by atoms with E-state index in [9.17, 15) is 34.8 Å². The van der Waals surface area contributed by atoms with Gasteiger partial charge < -0.3 is 30.9 Å². The van der Waals surface area contributed by atoms with Gasteiger partial charge in [0.05, 0.1) is 6.04 Å². The first kappa shape index (κ1) is 17.8. The molecule has 1 rings (SSSR count). The first-order chi connectivity index (χ1) is 9.42. The molecular weight excluding hydrogens is 286 g/mol. The van der Waals surface area contributed by atoms with Crippen LogP contribution >= 0.6 is 0 Å². The molecular formula is C12H19NO8. The van der Waals surface area contributed by atoms with Crippen LogP contribution in [0.5, 0.6) is 0 Å². The average molecular weight is 305 g/mol. The van der Waals surface area contributed by atoms with Crippen molar-refractivity contribution in [3.63, 3.8) is 0 Å². The number of hydrogen-bond acceptors (Lipinski definition) is 9. The van der Waals surface area contributed by atoms with E-state index in [4.69, 9.17) is 10.5 Å². The zero-order valence-electron chi connectivity index (χ0n) is 11.8. The molecule has 1 fully saturated rings. The van der Waals surface area contributed by atoms with Gasteiger partial charge in [0, 0.05) is 0 Å². The van der Waals surface area contributed by atoms with Crippen LogP contribution in [0.15, 0.2) is 0 Å². The van der Waals surface area contributed by atoms with E-state index in [1.165, 1.54) is 0 Å². The average Bonchev–Trinajstić information content (AvgIpc) is 2.38. The van der Waals surface area contributed by atoms with E-state index in [0.29, 0.717) is 0 Å². The molecule has 9 nitrogen and oxygen atoms in total. The maximum atomic E-state index is 11.8. The predicted molar refractivity (Wildman–Crippen MR) is 66.8 cm³/mol. The number of Topliss-reactive ketones (excluding diaryl/α,β-unsaturated/α-hetero) is 3. The molecule has 1 aliphatic heterocycles. The van der Waals surface area contributed by atoms with Crippen LogP contribution in [0.2, 0.25) is 0 Å². The Morgan fingerprint density at radius 2 is 1.52 bits per heavy atom. The van der Waals surface area contributed by atoms with Gasteiger partial charge in [0.15, 0.2) is 34.8 Å². The van der Waals surface area contributed by atoms with Crippen molar-refractivity contribution in [2.75, 3.05) is 0 Å². The minimum Gasteiger partial charge on any atom is -0.382 e. The van der Waals surface area contributed by atoms with Crippen LogP contribution in [0.4, 0.5) is 0 Å². The fourth-order valence-corrected chi connectivity index (χ4v) is 2.50. The Kier molecular flexibility index (Phi) is 4.68. The van der Waals surface area contributed by atoms with Gasteiger partial charge in [-0.25, -0.2) is 0 Å². The second-order valence-electron chi connectivity index (χ2n) is 5.17. The molecule has 0 radical (unpaired) electrons. The quantitative estimate of drug-likeness (QED) is 0.356. The Balaban J connectivity index is 3.57. The van der Waals surface area contributed by atoms with Gasteiger partial charge in [-0.05, 0) is 20.8 Å². The number of carbonyl (C=O) groups excluding carboxylic acids is 3. The fourth-order valence-electron chi connectivity index (χ4n) is 2.50. The summed E-state index contributed by atoms with van der Waals surface area (Å²) in [5.41, 5.74) is -0.418. The van der Waals surface area contributed by atoms with Crippen LogP contribution < -0.4 is 5.73 Å². The number of ketones is 3. The summed E-state index contributed by atoms with van der Waals surface area (Å²) < 4.78 is 4.82. The van der Waals surface area contributed by atoms with Gasteiger partial charge in [0.2, 0.25) is 0 Å². The summed E-state index contributed by atoms with van der Waals surface area (Å²) in [5, 5.41) is 40.5. The molecule has 1 saturated heterocycles. The molecule has 120 valence electrons. The van der Waals surface area contributed by atoms with Crippen molar-refractivity contribution in [3.05, 3.63) is 0 Å². The van der Waals surface area contributed by atoms with Crippen molar-refractivity contribution >= 4 is 17.3 Å². The standard InChI is InChI=1S/C12H19NO8/c1-4(14)7(17)9-12(20,6(3)16)11(19,5(2)15)8(13)10(18)21-9/h7-10,17-20H,13H2,1-3H3/t7?,8-,9+,10?,11+,12+/m0/s1. The highest BCUT2D eigenvalue weighted by Crippen LogP contribution is 2.39. The first-order valence-corrected chi connectivity index (χ1v) is 6.16. The van der Waals surface area contributed by atoms with E-state index in [0.717, 1.165) is 20.8 Å². The van der Waals surface area contributed by atoms with Crippen molar-refractivity contribution in [3.8, 4) is 0 Å². The van der Waals surface area contributed by atoms with E-state index < -0.39 is 53.1 Å². The number of hydrogen-bond donors (Lipinski definition) is 5. The molecule has 0 aromatic heterocycles. The molecule has 0 aromatic carbocycles. The van der Waals surface area contributed by atoms with E-state index in [1.54, 1.807) is 0 Å². The number of ether oxygens (including phenoxy) is 1. The number of rotatable bonds is 4. The van der Waals surface area contributed by atoms with Gasteiger partial charge >= 0.3 is 0 Å². The molecule has 2 unspecified atom stereocenters. The zero-order chi connectivity index (χ0) is 16.7. The van der Waals surface area contributed by atoms with E-state index in [2.05, 4.69) is 0 Å². The van der Waals surface area contributed by atoms with Crippen LogP contribution in [0.1, 0.15) is 20.8 Å². The van der Waals surface area contributed by atoms with Crippen LogP contribution in [0, 0.1) is 0 Å². The Bertz CT molecular complexity index is 480. The summed E-state index contributed by atoms with van der Waals surface area (Å²) in [6.45, 7) is 2.63. The highest BCUT2D eigenvalue weighted by molar-refractivity contribution is 5.99. The van der Waals surface area contributed by atoms with Crippen LogP contribution in [-0.4, -0.2) is 73.5 Å². The SMILES string of the molecule is CC(=O)C(O)[C@H]1OC(O)[C@H](N)[C@](O)(C(C)=O)[C@@]1(O)C(C)=O. The summed E-state index contributed by atoms with van der Waals surface area (Å²) in [5.74, 6) is -3.16. The predicted octanol–water partition coefficient (Wildman–Crippen LogP) is -3.38. The number of aliphatic hydroxyl groups is 4. The van der Waals surface area contributed by atoms with Crippen LogP contribution in [0.3, 0.4) is 0 Å². The van der Waals surface area contributed by atoms with Gasteiger partial charge in [-0.2, -0.15) is 0 Å². The molecule has 0 aromatic rings. The maximum absolute atomic E-state index is 11.8. The summed E-state index contributed by atoms with van der Waals surface area (Å²) in [6.07, 6.45) is -6.07. The minimum atomic E-state index is -2.98. The molecule has 0 aliphatic carbocycles. The van der Waals surface area contributed by atoms with Gasteiger partial charge in [0.25, 0.3) is 0 Å². The van der Waals surface area contributed by atoms with E-state index >= 15 is 0 Å². The molecule has 0 bridgehead atoms. The topological polar surface area (TPSA) is 167 Å². The highest BCUT2D eigenvalue weighted by Gasteiger charge is 2.70. The van der Waals surface area contributed by atoms with Crippen molar-refractivity contribution < 1.29 is 39.5 Å². The molecule has 6 atom stereocenters. The molecule has 9 heteroatoms. The minimum absolute atomic E-state index is 0.835. The van der Waals surface area contributed by atoms with Gasteiger partial charge in [-0.3, -0.25) is 14.4 Å². The highest BCUT2D eigenvalue weighted by atomic mass is 16.6. The maximum Gasteiger partial charge on any atom is 0.189 e. The largest absolute Gasteiger partial charge is 0.382 e. The number of nitrogens with two attached hydrogens (primary N) is 1. The monoisotopic (exact) mass is 305 g/mol. The summed E-state index contributed by atoms with van der Waals surface area (Å²) in [6, 6.07) is -1.85. The second-order valence-corrected chi connectivity index (χ2v) is 5.17. The number of carbonyl (C=O) groups is 3. The first-order valence-electron chi connectivity index (χ1n) is 6.16. The van der Waals surface area contributed by atoms with Crippen molar-refractivity contribution in [2.24, 2.45) is 5.73 Å². The lowest BCUT2D eigenvalue weighted by molar-refractivity contribution is -0.309. The third kappa shape index (κ3) is 2.31. The fraction of sp³-hybridized carbons (Fsp3) is 0.750. The Morgan fingerprint density at radius 3 is 1.86 bits per heavy atom. The van der Waals surface area contributed by atoms with Gasteiger partial charge in [0.1, 0.15) is 12.2 Å². The normalized spacial score (nSPS) is 41.4.